The van der Waals surface area contributed by atoms with Gasteiger partial charge < -0.3 is 19.1 Å². The van der Waals surface area contributed by atoms with Crippen molar-refractivity contribution in [3.05, 3.63) is 88.5 Å². The number of hydrogen-bond acceptors (Lipinski definition) is 6. The SMILES string of the molecule is CCCCCCCCCC(=O)N(CCc1ccc(OC)c(OC)c1)C(C)c1nc2ccccc2c(=O)n1-c1ccc(OCC)cc1. The summed E-state index contributed by atoms with van der Waals surface area (Å²) in [5, 5.41) is 0.526. The van der Waals surface area contributed by atoms with Crippen LogP contribution in [0.5, 0.6) is 17.2 Å². The summed E-state index contributed by atoms with van der Waals surface area (Å²) in [5.74, 6) is 2.61. The predicted molar refractivity (Wildman–Crippen MR) is 184 cm³/mol. The van der Waals surface area contributed by atoms with Gasteiger partial charge in [0, 0.05) is 13.0 Å². The number of ether oxygens (including phenoxy) is 3. The molecule has 4 rings (SSSR count). The topological polar surface area (TPSA) is 82.9 Å². The summed E-state index contributed by atoms with van der Waals surface area (Å²) in [6.45, 7) is 7.13. The average molecular weight is 628 g/mol. The van der Waals surface area contributed by atoms with Crippen molar-refractivity contribution < 1.29 is 19.0 Å². The number of methoxy groups -OCH3 is 2. The molecule has 246 valence electrons. The molecule has 8 heteroatoms. The Morgan fingerprint density at radius 3 is 2.26 bits per heavy atom. The fourth-order valence-electron chi connectivity index (χ4n) is 5.87. The van der Waals surface area contributed by atoms with Gasteiger partial charge in [-0.05, 0) is 80.8 Å². The fourth-order valence-corrected chi connectivity index (χ4v) is 5.87. The lowest BCUT2D eigenvalue weighted by Crippen LogP contribution is -2.38. The molecule has 0 saturated carbocycles. The van der Waals surface area contributed by atoms with E-state index in [0.29, 0.717) is 59.9 Å². The molecule has 46 heavy (non-hydrogen) atoms. The monoisotopic (exact) mass is 627 g/mol. The molecule has 0 aliphatic heterocycles. The lowest BCUT2D eigenvalue weighted by Gasteiger charge is -2.31. The van der Waals surface area contributed by atoms with Gasteiger partial charge in [-0.25, -0.2) is 4.98 Å². The van der Waals surface area contributed by atoms with Crippen molar-refractivity contribution in [2.75, 3.05) is 27.4 Å². The van der Waals surface area contributed by atoms with Crippen LogP contribution in [0.4, 0.5) is 0 Å². The highest BCUT2D eigenvalue weighted by Crippen LogP contribution is 2.29. The van der Waals surface area contributed by atoms with Crippen molar-refractivity contribution in [1.82, 2.24) is 14.5 Å². The minimum absolute atomic E-state index is 0.0576. The van der Waals surface area contributed by atoms with Gasteiger partial charge in [0.25, 0.3) is 5.56 Å². The third-order valence-corrected chi connectivity index (χ3v) is 8.45. The molecule has 4 aromatic rings. The van der Waals surface area contributed by atoms with E-state index in [0.717, 1.165) is 30.6 Å². The first-order chi connectivity index (χ1) is 22.4. The zero-order valence-electron chi connectivity index (χ0n) is 28.1. The number of aromatic nitrogens is 2. The summed E-state index contributed by atoms with van der Waals surface area (Å²) in [6.07, 6.45) is 8.98. The van der Waals surface area contributed by atoms with Crippen LogP contribution in [0.2, 0.25) is 0 Å². The van der Waals surface area contributed by atoms with Crippen molar-refractivity contribution >= 4 is 16.8 Å². The first-order valence-electron chi connectivity index (χ1n) is 16.7. The Hall–Kier alpha value is -4.33. The second-order valence-corrected chi connectivity index (χ2v) is 11.6. The molecule has 0 spiro atoms. The van der Waals surface area contributed by atoms with E-state index in [9.17, 15) is 9.59 Å². The van der Waals surface area contributed by atoms with Crippen molar-refractivity contribution in [3.63, 3.8) is 0 Å². The molecule has 0 N–H and O–H groups in total. The number of benzene rings is 3. The van der Waals surface area contributed by atoms with E-state index in [2.05, 4.69) is 6.92 Å². The quantitative estimate of drug-likeness (QED) is 0.104. The van der Waals surface area contributed by atoms with Crippen LogP contribution in [0, 0.1) is 0 Å². The van der Waals surface area contributed by atoms with E-state index in [-0.39, 0.29) is 11.5 Å². The summed E-state index contributed by atoms with van der Waals surface area (Å²) in [6, 6.07) is 20.2. The Kier molecular flexibility index (Phi) is 13.1. The molecule has 0 radical (unpaired) electrons. The van der Waals surface area contributed by atoms with Crippen molar-refractivity contribution in [2.45, 2.75) is 84.6 Å². The Labute approximate surface area is 273 Å². The summed E-state index contributed by atoms with van der Waals surface area (Å²) in [4.78, 5) is 35.0. The van der Waals surface area contributed by atoms with Gasteiger partial charge in [0.1, 0.15) is 11.6 Å². The van der Waals surface area contributed by atoms with E-state index < -0.39 is 6.04 Å². The highest BCUT2D eigenvalue weighted by atomic mass is 16.5. The molecule has 1 atom stereocenters. The molecule has 1 unspecified atom stereocenters. The number of nitrogens with zero attached hydrogens (tertiary/aromatic N) is 3. The van der Waals surface area contributed by atoms with Crippen LogP contribution in [-0.4, -0.2) is 47.7 Å². The number of fused-ring (bicyclic) bond motifs is 1. The fraction of sp³-hybridized carbons (Fsp3) is 0.447. The number of carbonyl (C=O) groups excluding carboxylic acids is 1. The van der Waals surface area contributed by atoms with Crippen LogP contribution in [0.15, 0.2) is 71.5 Å². The van der Waals surface area contributed by atoms with Gasteiger partial charge in [0.2, 0.25) is 5.91 Å². The molecule has 8 nitrogen and oxygen atoms in total. The molecular weight excluding hydrogens is 578 g/mol. The van der Waals surface area contributed by atoms with Crippen molar-refractivity contribution in [3.8, 4) is 22.9 Å². The maximum absolute atomic E-state index is 14.0. The second kappa shape index (κ2) is 17.4. The molecule has 0 aliphatic rings. The second-order valence-electron chi connectivity index (χ2n) is 11.6. The average Bonchev–Trinajstić information content (AvgIpc) is 3.08. The minimum Gasteiger partial charge on any atom is -0.494 e. The predicted octanol–water partition coefficient (Wildman–Crippen LogP) is 8.07. The van der Waals surface area contributed by atoms with E-state index in [1.54, 1.807) is 24.9 Å². The zero-order valence-corrected chi connectivity index (χ0v) is 28.1. The minimum atomic E-state index is -0.471. The van der Waals surface area contributed by atoms with Gasteiger partial charge in [0.05, 0.1) is 43.5 Å². The molecule has 0 aliphatic carbocycles. The van der Waals surface area contributed by atoms with Crippen LogP contribution in [0.25, 0.3) is 16.6 Å². The van der Waals surface area contributed by atoms with Crippen molar-refractivity contribution in [1.29, 1.82) is 0 Å². The van der Waals surface area contributed by atoms with E-state index >= 15 is 0 Å². The summed E-state index contributed by atoms with van der Waals surface area (Å²) < 4.78 is 18.2. The van der Waals surface area contributed by atoms with Crippen molar-refractivity contribution in [2.24, 2.45) is 0 Å². The lowest BCUT2D eigenvalue weighted by atomic mass is 10.1. The van der Waals surface area contributed by atoms with Gasteiger partial charge in [-0.3, -0.25) is 14.2 Å². The first-order valence-corrected chi connectivity index (χ1v) is 16.7. The van der Waals surface area contributed by atoms with Gasteiger partial charge in [-0.15, -0.1) is 0 Å². The molecule has 1 heterocycles. The molecule has 3 aromatic carbocycles. The molecule has 1 aromatic heterocycles. The van der Waals surface area contributed by atoms with Gasteiger partial charge >= 0.3 is 0 Å². The Bertz CT molecular complexity index is 1620. The lowest BCUT2D eigenvalue weighted by molar-refractivity contribution is -0.133. The largest absolute Gasteiger partial charge is 0.494 e. The van der Waals surface area contributed by atoms with E-state index in [1.807, 2.05) is 79.4 Å². The zero-order chi connectivity index (χ0) is 32.9. The van der Waals surface area contributed by atoms with Crippen LogP contribution in [0.3, 0.4) is 0 Å². The third-order valence-electron chi connectivity index (χ3n) is 8.45. The van der Waals surface area contributed by atoms with Crippen LogP contribution in [0.1, 0.15) is 89.6 Å². The van der Waals surface area contributed by atoms with Gasteiger partial charge in [-0.1, -0.05) is 63.6 Å². The maximum atomic E-state index is 14.0. The van der Waals surface area contributed by atoms with E-state index in [1.165, 1.54) is 25.7 Å². The number of para-hydroxylation sites is 1. The number of carbonyl (C=O) groups is 1. The summed E-state index contributed by atoms with van der Waals surface area (Å²) in [7, 11) is 3.23. The van der Waals surface area contributed by atoms with Crippen LogP contribution < -0.4 is 19.8 Å². The normalized spacial score (nSPS) is 11.8. The standard InChI is InChI=1S/C38H49N3O5/c1-6-8-9-10-11-12-13-18-36(42)40(26-25-29-19-24-34(44-4)35(27-29)45-5)28(3)37-39-33-17-15-14-16-32(33)38(43)41(37)30-20-22-31(23-21-30)46-7-2/h14-17,19-24,27-28H,6-13,18,25-26H2,1-5H3. The number of amides is 1. The highest BCUT2D eigenvalue weighted by Gasteiger charge is 2.27. The Morgan fingerprint density at radius 2 is 1.57 bits per heavy atom. The van der Waals surface area contributed by atoms with Gasteiger partial charge in [0.15, 0.2) is 11.5 Å². The maximum Gasteiger partial charge on any atom is 0.266 e. The first kappa shape index (κ1) is 34.5. The highest BCUT2D eigenvalue weighted by molar-refractivity contribution is 5.79. The van der Waals surface area contributed by atoms with Crippen LogP contribution in [-0.2, 0) is 11.2 Å². The summed E-state index contributed by atoms with van der Waals surface area (Å²) >= 11 is 0. The Morgan fingerprint density at radius 1 is 0.870 bits per heavy atom. The van der Waals surface area contributed by atoms with E-state index in [4.69, 9.17) is 19.2 Å². The number of rotatable bonds is 18. The molecular formula is C38H49N3O5. The number of hydrogen-bond donors (Lipinski definition) is 0. The van der Waals surface area contributed by atoms with Crippen LogP contribution >= 0.6 is 0 Å². The number of unbranched alkanes of at least 4 members (excludes halogenated alkanes) is 6. The molecule has 0 saturated heterocycles. The Balaban J connectivity index is 1.69. The molecule has 1 amide bonds. The summed E-state index contributed by atoms with van der Waals surface area (Å²) in [5.41, 5.74) is 2.13. The smallest absolute Gasteiger partial charge is 0.266 e. The third kappa shape index (κ3) is 8.68. The molecule has 0 bridgehead atoms. The molecule has 0 fully saturated rings. The van der Waals surface area contributed by atoms with Gasteiger partial charge in [-0.2, -0.15) is 0 Å².